The zero-order valence-corrected chi connectivity index (χ0v) is 13.9. The van der Waals surface area contributed by atoms with Crippen molar-refractivity contribution in [1.29, 1.82) is 0 Å². The van der Waals surface area contributed by atoms with Gasteiger partial charge in [0, 0.05) is 11.4 Å². The minimum atomic E-state index is -0.293. The quantitative estimate of drug-likeness (QED) is 0.698. The maximum absolute atomic E-state index is 12.9. The first-order valence-electron chi connectivity index (χ1n) is 7.84. The monoisotopic (exact) mass is 339 g/mol. The Kier molecular flexibility index (Phi) is 5.03. The molecular weight excluding hydrogens is 321 g/mol. The van der Waals surface area contributed by atoms with E-state index in [9.17, 15) is 4.39 Å². The lowest BCUT2D eigenvalue weighted by atomic mass is 10.3. The zero-order valence-electron chi connectivity index (χ0n) is 13.9. The summed E-state index contributed by atoms with van der Waals surface area (Å²) in [5.74, 6) is 1.36. The SMILES string of the molecule is CC(C)Oc1ccc(Nc2nncc(Nc3ccc(F)cc3)n2)cc1. The van der Waals surface area contributed by atoms with Gasteiger partial charge in [0.15, 0.2) is 5.82 Å². The number of hydrogen-bond donors (Lipinski definition) is 2. The largest absolute Gasteiger partial charge is 0.491 e. The van der Waals surface area contributed by atoms with Crippen molar-refractivity contribution < 1.29 is 9.13 Å². The van der Waals surface area contributed by atoms with Gasteiger partial charge in [-0.05, 0) is 62.4 Å². The van der Waals surface area contributed by atoms with Crippen LogP contribution in [-0.2, 0) is 0 Å². The van der Waals surface area contributed by atoms with Crippen LogP contribution >= 0.6 is 0 Å². The van der Waals surface area contributed by atoms with E-state index < -0.39 is 0 Å². The van der Waals surface area contributed by atoms with Gasteiger partial charge < -0.3 is 15.4 Å². The van der Waals surface area contributed by atoms with E-state index in [0.717, 1.165) is 11.4 Å². The predicted octanol–water partition coefficient (Wildman–Crippen LogP) is 4.29. The number of nitrogens with one attached hydrogen (secondary N) is 2. The summed E-state index contributed by atoms with van der Waals surface area (Å²) in [4.78, 5) is 4.34. The third-order valence-corrected chi connectivity index (χ3v) is 3.16. The highest BCUT2D eigenvalue weighted by atomic mass is 19.1. The molecule has 0 unspecified atom stereocenters. The molecule has 0 amide bonds. The van der Waals surface area contributed by atoms with Crippen LogP contribution in [0.5, 0.6) is 5.75 Å². The number of benzene rings is 2. The van der Waals surface area contributed by atoms with E-state index in [4.69, 9.17) is 4.74 Å². The maximum atomic E-state index is 12.9. The highest BCUT2D eigenvalue weighted by Gasteiger charge is 2.03. The molecule has 0 aliphatic carbocycles. The smallest absolute Gasteiger partial charge is 0.249 e. The Morgan fingerprint density at radius 2 is 1.56 bits per heavy atom. The van der Waals surface area contributed by atoms with Gasteiger partial charge in [0.2, 0.25) is 5.95 Å². The summed E-state index contributed by atoms with van der Waals surface area (Å²) in [6.07, 6.45) is 1.62. The Morgan fingerprint density at radius 1 is 0.920 bits per heavy atom. The molecule has 0 bridgehead atoms. The van der Waals surface area contributed by atoms with Crippen molar-refractivity contribution in [3.63, 3.8) is 0 Å². The Labute approximate surface area is 145 Å². The summed E-state index contributed by atoms with van der Waals surface area (Å²) in [6, 6.07) is 13.5. The zero-order chi connectivity index (χ0) is 17.6. The van der Waals surface area contributed by atoms with Gasteiger partial charge in [-0.25, -0.2) is 4.39 Å². The van der Waals surface area contributed by atoms with E-state index in [1.165, 1.54) is 18.3 Å². The Balaban J connectivity index is 1.68. The van der Waals surface area contributed by atoms with E-state index in [2.05, 4.69) is 25.8 Å². The van der Waals surface area contributed by atoms with Gasteiger partial charge in [0.1, 0.15) is 11.6 Å². The molecule has 0 aliphatic heterocycles. The fourth-order valence-corrected chi connectivity index (χ4v) is 2.12. The van der Waals surface area contributed by atoms with Crippen molar-refractivity contribution in [3.05, 3.63) is 60.5 Å². The van der Waals surface area contributed by atoms with Gasteiger partial charge in [-0.3, -0.25) is 0 Å². The van der Waals surface area contributed by atoms with E-state index >= 15 is 0 Å². The summed E-state index contributed by atoms with van der Waals surface area (Å²) in [5, 5.41) is 14.0. The molecule has 0 saturated carbocycles. The van der Waals surface area contributed by atoms with Crippen LogP contribution in [0.4, 0.5) is 27.5 Å². The second-order valence-electron chi connectivity index (χ2n) is 5.61. The molecule has 1 heterocycles. The molecule has 2 aromatic carbocycles. The van der Waals surface area contributed by atoms with Crippen LogP contribution in [0.2, 0.25) is 0 Å². The number of halogens is 1. The Morgan fingerprint density at radius 3 is 2.24 bits per heavy atom. The molecule has 0 fully saturated rings. The number of anilines is 4. The summed E-state index contributed by atoms with van der Waals surface area (Å²) in [5.41, 5.74) is 1.53. The van der Waals surface area contributed by atoms with Crippen molar-refractivity contribution in [3.8, 4) is 5.75 Å². The Hall–Kier alpha value is -3.22. The van der Waals surface area contributed by atoms with Crippen LogP contribution in [0, 0.1) is 5.82 Å². The molecule has 3 aromatic rings. The van der Waals surface area contributed by atoms with Crippen LogP contribution in [-0.4, -0.2) is 21.3 Å². The molecule has 1 aromatic heterocycles. The molecule has 25 heavy (non-hydrogen) atoms. The first-order chi connectivity index (χ1) is 12.1. The van der Waals surface area contributed by atoms with Gasteiger partial charge in [-0.2, -0.15) is 10.1 Å². The van der Waals surface area contributed by atoms with Gasteiger partial charge >= 0.3 is 0 Å². The van der Waals surface area contributed by atoms with E-state index in [-0.39, 0.29) is 11.9 Å². The second-order valence-corrected chi connectivity index (χ2v) is 5.61. The van der Waals surface area contributed by atoms with Crippen molar-refractivity contribution in [2.45, 2.75) is 20.0 Å². The van der Waals surface area contributed by atoms with Gasteiger partial charge in [-0.15, -0.1) is 5.10 Å². The lowest BCUT2D eigenvalue weighted by Crippen LogP contribution is -2.05. The number of rotatable bonds is 6. The Bertz CT molecular complexity index is 822. The van der Waals surface area contributed by atoms with Crippen molar-refractivity contribution in [2.24, 2.45) is 0 Å². The average Bonchev–Trinajstić information content (AvgIpc) is 2.59. The number of ether oxygens (including phenoxy) is 1. The van der Waals surface area contributed by atoms with Crippen molar-refractivity contribution >= 4 is 23.1 Å². The van der Waals surface area contributed by atoms with Crippen LogP contribution in [0.25, 0.3) is 0 Å². The summed E-state index contributed by atoms with van der Waals surface area (Å²) >= 11 is 0. The molecule has 0 atom stereocenters. The summed E-state index contributed by atoms with van der Waals surface area (Å²) in [6.45, 7) is 3.95. The third kappa shape index (κ3) is 4.87. The van der Waals surface area contributed by atoms with Gasteiger partial charge in [0.05, 0.1) is 12.3 Å². The lowest BCUT2D eigenvalue weighted by molar-refractivity contribution is 0.242. The first-order valence-corrected chi connectivity index (χ1v) is 7.84. The number of nitrogens with zero attached hydrogens (tertiary/aromatic N) is 3. The highest BCUT2D eigenvalue weighted by Crippen LogP contribution is 2.20. The number of hydrogen-bond acceptors (Lipinski definition) is 6. The topological polar surface area (TPSA) is 72.0 Å². The van der Waals surface area contributed by atoms with Crippen molar-refractivity contribution in [1.82, 2.24) is 15.2 Å². The van der Waals surface area contributed by atoms with Crippen LogP contribution in [0.15, 0.2) is 54.7 Å². The average molecular weight is 339 g/mol. The maximum Gasteiger partial charge on any atom is 0.249 e. The standard InChI is InChI=1S/C18H18FN5O/c1-12(2)25-16-9-7-15(8-10-16)22-18-23-17(11-20-24-18)21-14-5-3-13(19)4-6-14/h3-12H,1-2H3,(H2,21,22,23,24). The molecular formula is C18H18FN5O. The molecule has 128 valence electrons. The fraction of sp³-hybridized carbons (Fsp3) is 0.167. The van der Waals surface area contributed by atoms with Crippen LogP contribution in [0.3, 0.4) is 0 Å². The molecule has 0 radical (unpaired) electrons. The minimum Gasteiger partial charge on any atom is -0.491 e. The molecule has 6 nitrogen and oxygen atoms in total. The van der Waals surface area contributed by atoms with Crippen molar-refractivity contribution in [2.75, 3.05) is 10.6 Å². The van der Waals surface area contributed by atoms with Crippen LogP contribution < -0.4 is 15.4 Å². The summed E-state index contributed by atoms with van der Waals surface area (Å²) in [7, 11) is 0. The number of aromatic nitrogens is 3. The van der Waals surface area contributed by atoms with E-state index in [1.54, 1.807) is 12.1 Å². The van der Waals surface area contributed by atoms with Gasteiger partial charge in [-0.1, -0.05) is 0 Å². The molecule has 2 N–H and O–H groups in total. The summed E-state index contributed by atoms with van der Waals surface area (Å²) < 4.78 is 18.6. The minimum absolute atomic E-state index is 0.126. The molecule has 0 saturated heterocycles. The normalized spacial score (nSPS) is 10.6. The third-order valence-electron chi connectivity index (χ3n) is 3.16. The van der Waals surface area contributed by atoms with E-state index in [1.807, 2.05) is 38.1 Å². The van der Waals surface area contributed by atoms with Gasteiger partial charge in [0.25, 0.3) is 0 Å². The molecule has 7 heteroatoms. The van der Waals surface area contributed by atoms with Crippen LogP contribution in [0.1, 0.15) is 13.8 Å². The highest BCUT2D eigenvalue weighted by molar-refractivity contribution is 5.58. The fourth-order valence-electron chi connectivity index (χ4n) is 2.12. The molecule has 0 spiro atoms. The molecule has 3 rings (SSSR count). The second kappa shape index (κ2) is 7.57. The van der Waals surface area contributed by atoms with E-state index in [0.29, 0.717) is 17.5 Å². The predicted molar refractivity (Wildman–Crippen MR) is 95.0 cm³/mol. The molecule has 0 aliphatic rings. The first kappa shape index (κ1) is 16.6. The lowest BCUT2D eigenvalue weighted by Gasteiger charge is -2.11.